The second-order valence-electron chi connectivity index (χ2n) is 4.18. The second kappa shape index (κ2) is 10.3. The predicted molar refractivity (Wildman–Crippen MR) is 81.8 cm³/mol. The Morgan fingerprint density at radius 3 is 2.55 bits per heavy atom. The normalized spacial score (nSPS) is 9.55. The Balaban J connectivity index is 0.00000361. The molecule has 3 N–H and O–H groups in total. The fourth-order valence-corrected chi connectivity index (χ4v) is 1.78. The van der Waals surface area contributed by atoms with Crippen molar-refractivity contribution in [3.8, 4) is 11.5 Å². The Bertz CT molecular complexity index is 413. The predicted octanol–water partition coefficient (Wildman–Crippen LogP) is 1.52. The van der Waals surface area contributed by atoms with Gasteiger partial charge < -0.3 is 20.5 Å². The highest BCUT2D eigenvalue weighted by Gasteiger charge is 2.04. The van der Waals surface area contributed by atoms with Crippen LogP contribution in [0.25, 0.3) is 0 Å². The van der Waals surface area contributed by atoms with E-state index in [1.165, 1.54) is 0 Å². The molecule has 1 amide bonds. The molecule has 5 nitrogen and oxygen atoms in total. The van der Waals surface area contributed by atoms with Crippen LogP contribution >= 0.6 is 12.4 Å². The summed E-state index contributed by atoms with van der Waals surface area (Å²) in [6, 6.07) is 5.85. The van der Waals surface area contributed by atoms with Gasteiger partial charge in [0.1, 0.15) is 0 Å². The molecule has 0 fully saturated rings. The van der Waals surface area contributed by atoms with E-state index >= 15 is 0 Å². The molecule has 1 aromatic carbocycles. The highest BCUT2D eigenvalue weighted by Crippen LogP contribution is 2.27. The van der Waals surface area contributed by atoms with E-state index in [9.17, 15) is 4.79 Å². The summed E-state index contributed by atoms with van der Waals surface area (Å²) in [5, 5.41) is 2.83. The van der Waals surface area contributed by atoms with Gasteiger partial charge in [-0.1, -0.05) is 6.07 Å². The molecule has 0 heterocycles. The zero-order valence-corrected chi connectivity index (χ0v) is 12.8. The van der Waals surface area contributed by atoms with Crippen molar-refractivity contribution in [2.45, 2.75) is 19.3 Å². The first-order chi connectivity index (χ1) is 9.21. The Hall–Kier alpha value is -1.46. The van der Waals surface area contributed by atoms with Crippen LogP contribution in [0.1, 0.15) is 18.4 Å². The molecule has 0 aliphatic carbocycles. The summed E-state index contributed by atoms with van der Waals surface area (Å²) < 4.78 is 10.4. The minimum Gasteiger partial charge on any atom is -0.493 e. The average Bonchev–Trinajstić information content (AvgIpc) is 2.43. The molecular weight excluding hydrogens is 280 g/mol. The molecule has 0 unspecified atom stereocenters. The number of rotatable bonds is 8. The molecule has 0 atom stereocenters. The number of halogens is 1. The maximum absolute atomic E-state index is 11.2. The van der Waals surface area contributed by atoms with Gasteiger partial charge in [0.25, 0.3) is 0 Å². The fraction of sp³-hybridized carbons (Fsp3) is 0.500. The van der Waals surface area contributed by atoms with Gasteiger partial charge in [-0.2, -0.15) is 0 Å². The standard InChI is InChI=1S/C14H22N2O3.ClH/c1-18-12-6-5-11(10-13(12)19-2)4-3-9-16-14(17)7-8-15;/h5-6,10H,3-4,7-9,15H2,1-2H3,(H,16,17);1H. The number of ether oxygens (including phenoxy) is 2. The molecular formula is C14H23ClN2O3. The van der Waals surface area contributed by atoms with E-state index in [1.54, 1.807) is 14.2 Å². The topological polar surface area (TPSA) is 73.6 Å². The molecule has 0 saturated carbocycles. The summed E-state index contributed by atoms with van der Waals surface area (Å²) in [6.07, 6.45) is 2.14. The largest absolute Gasteiger partial charge is 0.493 e. The molecule has 0 aromatic heterocycles. The number of carbonyl (C=O) groups is 1. The van der Waals surface area contributed by atoms with Crippen LogP contribution in [-0.4, -0.2) is 33.2 Å². The van der Waals surface area contributed by atoms with E-state index in [-0.39, 0.29) is 18.3 Å². The number of aryl methyl sites for hydroxylation is 1. The van der Waals surface area contributed by atoms with Crippen LogP contribution in [0.5, 0.6) is 11.5 Å². The van der Waals surface area contributed by atoms with Gasteiger partial charge in [-0.15, -0.1) is 12.4 Å². The molecule has 1 rings (SSSR count). The van der Waals surface area contributed by atoms with Crippen molar-refractivity contribution < 1.29 is 14.3 Å². The lowest BCUT2D eigenvalue weighted by Gasteiger charge is -2.09. The number of nitrogens with two attached hydrogens (primary N) is 1. The molecule has 1 aromatic rings. The second-order valence-corrected chi connectivity index (χ2v) is 4.18. The summed E-state index contributed by atoms with van der Waals surface area (Å²) in [5.41, 5.74) is 6.46. The van der Waals surface area contributed by atoms with Gasteiger partial charge in [-0.05, 0) is 30.5 Å². The highest BCUT2D eigenvalue weighted by molar-refractivity contribution is 5.85. The Morgan fingerprint density at radius 2 is 1.95 bits per heavy atom. The number of amides is 1. The zero-order chi connectivity index (χ0) is 14.1. The third kappa shape index (κ3) is 6.12. The minimum absolute atomic E-state index is 0. The number of nitrogens with one attached hydrogen (secondary N) is 1. The quantitative estimate of drug-likeness (QED) is 0.714. The van der Waals surface area contributed by atoms with Crippen molar-refractivity contribution in [3.63, 3.8) is 0 Å². The zero-order valence-electron chi connectivity index (χ0n) is 12.0. The SMILES string of the molecule is COc1ccc(CCCNC(=O)CCN)cc1OC.Cl. The van der Waals surface area contributed by atoms with Crippen molar-refractivity contribution in [1.29, 1.82) is 0 Å². The summed E-state index contributed by atoms with van der Waals surface area (Å²) >= 11 is 0. The average molecular weight is 303 g/mol. The van der Waals surface area contributed by atoms with Gasteiger partial charge in [0.2, 0.25) is 5.91 Å². The molecule has 114 valence electrons. The van der Waals surface area contributed by atoms with Crippen molar-refractivity contribution in [3.05, 3.63) is 23.8 Å². The van der Waals surface area contributed by atoms with Crippen LogP contribution < -0.4 is 20.5 Å². The first kappa shape index (κ1) is 18.5. The van der Waals surface area contributed by atoms with E-state index in [0.717, 1.165) is 29.9 Å². The third-order valence-corrected chi connectivity index (χ3v) is 2.78. The summed E-state index contributed by atoms with van der Waals surface area (Å²) in [6.45, 7) is 1.05. The van der Waals surface area contributed by atoms with E-state index in [1.807, 2.05) is 18.2 Å². The van der Waals surface area contributed by atoms with Crippen molar-refractivity contribution in [1.82, 2.24) is 5.32 Å². The molecule has 6 heteroatoms. The number of hydrogen-bond acceptors (Lipinski definition) is 4. The summed E-state index contributed by atoms with van der Waals surface area (Å²) in [4.78, 5) is 11.2. The molecule has 0 aliphatic heterocycles. The lowest BCUT2D eigenvalue weighted by atomic mass is 10.1. The Morgan fingerprint density at radius 1 is 1.25 bits per heavy atom. The monoisotopic (exact) mass is 302 g/mol. The van der Waals surface area contributed by atoms with E-state index in [2.05, 4.69) is 5.32 Å². The highest BCUT2D eigenvalue weighted by atomic mass is 35.5. The van der Waals surface area contributed by atoms with Crippen molar-refractivity contribution >= 4 is 18.3 Å². The lowest BCUT2D eigenvalue weighted by Crippen LogP contribution is -2.26. The number of carbonyl (C=O) groups excluding carboxylic acids is 1. The first-order valence-corrected chi connectivity index (χ1v) is 6.39. The molecule has 0 spiro atoms. The Kier molecular flexibility index (Phi) is 9.59. The molecule has 0 saturated heterocycles. The summed E-state index contributed by atoms with van der Waals surface area (Å²) in [7, 11) is 3.24. The maximum atomic E-state index is 11.2. The van der Waals surface area contributed by atoms with Gasteiger partial charge in [-0.25, -0.2) is 0 Å². The smallest absolute Gasteiger partial charge is 0.221 e. The van der Waals surface area contributed by atoms with Crippen LogP contribution in [0.3, 0.4) is 0 Å². The fourth-order valence-electron chi connectivity index (χ4n) is 1.78. The van der Waals surface area contributed by atoms with Crippen LogP contribution in [0, 0.1) is 0 Å². The van der Waals surface area contributed by atoms with Gasteiger partial charge >= 0.3 is 0 Å². The molecule has 0 radical (unpaired) electrons. The Labute approximate surface area is 126 Å². The van der Waals surface area contributed by atoms with Crippen LogP contribution in [0.2, 0.25) is 0 Å². The summed E-state index contributed by atoms with van der Waals surface area (Å²) in [5.74, 6) is 1.46. The van der Waals surface area contributed by atoms with E-state index in [0.29, 0.717) is 19.5 Å². The first-order valence-electron chi connectivity index (χ1n) is 6.39. The van der Waals surface area contributed by atoms with Crippen LogP contribution in [0.15, 0.2) is 18.2 Å². The van der Waals surface area contributed by atoms with E-state index in [4.69, 9.17) is 15.2 Å². The van der Waals surface area contributed by atoms with E-state index < -0.39 is 0 Å². The minimum atomic E-state index is 0. The number of benzene rings is 1. The van der Waals surface area contributed by atoms with Crippen molar-refractivity contribution in [2.24, 2.45) is 5.73 Å². The van der Waals surface area contributed by atoms with Gasteiger partial charge in [0, 0.05) is 19.5 Å². The van der Waals surface area contributed by atoms with Gasteiger partial charge in [-0.3, -0.25) is 4.79 Å². The molecule has 20 heavy (non-hydrogen) atoms. The third-order valence-electron chi connectivity index (χ3n) is 2.78. The van der Waals surface area contributed by atoms with Crippen LogP contribution in [-0.2, 0) is 11.2 Å². The van der Waals surface area contributed by atoms with Gasteiger partial charge in [0.05, 0.1) is 14.2 Å². The molecule has 0 bridgehead atoms. The van der Waals surface area contributed by atoms with Crippen LogP contribution in [0.4, 0.5) is 0 Å². The molecule has 0 aliphatic rings. The maximum Gasteiger partial charge on any atom is 0.221 e. The number of methoxy groups -OCH3 is 2. The van der Waals surface area contributed by atoms with Crippen molar-refractivity contribution in [2.75, 3.05) is 27.3 Å². The number of hydrogen-bond donors (Lipinski definition) is 2. The van der Waals surface area contributed by atoms with Gasteiger partial charge in [0.15, 0.2) is 11.5 Å². The lowest BCUT2D eigenvalue weighted by molar-refractivity contribution is -0.120.